The van der Waals surface area contributed by atoms with E-state index in [9.17, 15) is 4.79 Å². The van der Waals surface area contributed by atoms with E-state index in [4.69, 9.17) is 4.74 Å². The van der Waals surface area contributed by atoms with Crippen molar-refractivity contribution in [3.63, 3.8) is 0 Å². The van der Waals surface area contributed by atoms with E-state index in [1.165, 1.54) is 5.69 Å². The fraction of sp³-hybridized carbons (Fsp3) is 0.444. The Hall–Kier alpha value is -2.54. The number of carbonyl (C=O) groups excluding carboxylic acids is 1. The maximum absolute atomic E-state index is 11.9. The Bertz CT molecular complexity index is 705. The van der Waals surface area contributed by atoms with Crippen molar-refractivity contribution in [3.05, 3.63) is 47.4 Å². The van der Waals surface area contributed by atoms with Crippen molar-refractivity contribution in [1.82, 2.24) is 20.2 Å². The molecule has 1 aliphatic rings. The van der Waals surface area contributed by atoms with Crippen molar-refractivity contribution in [2.75, 3.05) is 31.2 Å². The zero-order valence-corrected chi connectivity index (χ0v) is 14.8. The molecule has 0 saturated carbocycles. The lowest BCUT2D eigenvalue weighted by Crippen LogP contribution is -2.37. The first-order chi connectivity index (χ1) is 12.1. The van der Waals surface area contributed by atoms with Gasteiger partial charge in [-0.2, -0.15) is 0 Å². The van der Waals surface area contributed by atoms with E-state index in [1.54, 1.807) is 0 Å². The Morgan fingerprint density at radius 3 is 2.56 bits per heavy atom. The van der Waals surface area contributed by atoms with Crippen molar-refractivity contribution >= 4 is 11.8 Å². The molecule has 2 amide bonds. The van der Waals surface area contributed by atoms with Gasteiger partial charge in [0.05, 0.1) is 19.8 Å². The number of aryl methyl sites for hydroxylation is 1. The van der Waals surface area contributed by atoms with Crippen LogP contribution >= 0.6 is 0 Å². The third-order valence-electron chi connectivity index (χ3n) is 4.50. The van der Waals surface area contributed by atoms with Crippen LogP contribution in [-0.2, 0) is 24.9 Å². The van der Waals surface area contributed by atoms with Crippen LogP contribution in [0.25, 0.3) is 0 Å². The molecule has 0 spiro atoms. The number of anilines is 1. The molecule has 7 nitrogen and oxygen atoms in total. The van der Waals surface area contributed by atoms with Crippen LogP contribution in [-0.4, -0.2) is 41.9 Å². The van der Waals surface area contributed by atoms with Crippen LogP contribution in [0.2, 0.25) is 0 Å². The Morgan fingerprint density at radius 2 is 1.92 bits per heavy atom. The minimum atomic E-state index is -0.184. The molecule has 0 atom stereocenters. The lowest BCUT2D eigenvalue weighted by atomic mass is 10.2. The van der Waals surface area contributed by atoms with Crippen LogP contribution < -0.4 is 15.5 Å². The highest BCUT2D eigenvalue weighted by atomic mass is 16.5. The number of hydrogen-bond acceptors (Lipinski definition) is 4. The van der Waals surface area contributed by atoms with Gasteiger partial charge in [-0.05, 0) is 30.7 Å². The van der Waals surface area contributed by atoms with E-state index in [-0.39, 0.29) is 6.03 Å². The summed E-state index contributed by atoms with van der Waals surface area (Å²) in [7, 11) is 1.99. The van der Waals surface area contributed by atoms with Gasteiger partial charge in [-0.25, -0.2) is 9.78 Å². The summed E-state index contributed by atoms with van der Waals surface area (Å²) >= 11 is 0. The lowest BCUT2D eigenvalue weighted by Gasteiger charge is -2.27. The summed E-state index contributed by atoms with van der Waals surface area (Å²) in [6.45, 7) is 6.21. The normalized spacial score (nSPS) is 14.4. The van der Waals surface area contributed by atoms with Gasteiger partial charge in [0.15, 0.2) is 0 Å². The first kappa shape index (κ1) is 17.3. The zero-order chi connectivity index (χ0) is 17.6. The number of morpholine rings is 1. The van der Waals surface area contributed by atoms with Crippen molar-refractivity contribution in [2.45, 2.75) is 20.0 Å². The number of pyridine rings is 1. The van der Waals surface area contributed by atoms with E-state index < -0.39 is 0 Å². The summed E-state index contributed by atoms with van der Waals surface area (Å²) in [5.74, 6) is 0.954. The molecule has 1 fully saturated rings. The van der Waals surface area contributed by atoms with Crippen LogP contribution in [0.3, 0.4) is 0 Å². The molecular formula is C18H25N5O2. The average molecular weight is 343 g/mol. The lowest BCUT2D eigenvalue weighted by molar-refractivity contribution is 0.122. The average Bonchev–Trinajstić information content (AvgIpc) is 2.98. The number of aromatic nitrogens is 2. The fourth-order valence-electron chi connectivity index (χ4n) is 2.76. The van der Waals surface area contributed by atoms with Gasteiger partial charge in [0.1, 0.15) is 5.82 Å². The first-order valence-corrected chi connectivity index (χ1v) is 8.54. The molecule has 0 bridgehead atoms. The summed E-state index contributed by atoms with van der Waals surface area (Å²) in [6, 6.07) is 7.86. The van der Waals surface area contributed by atoms with E-state index in [1.807, 2.05) is 44.4 Å². The molecule has 3 heterocycles. The molecule has 1 saturated heterocycles. The third-order valence-corrected chi connectivity index (χ3v) is 4.50. The smallest absolute Gasteiger partial charge is 0.315 e. The zero-order valence-electron chi connectivity index (χ0n) is 14.8. The minimum Gasteiger partial charge on any atom is -0.378 e. The summed E-state index contributed by atoms with van der Waals surface area (Å²) in [4.78, 5) is 18.6. The van der Waals surface area contributed by atoms with E-state index in [2.05, 4.69) is 25.1 Å². The van der Waals surface area contributed by atoms with Crippen molar-refractivity contribution in [3.8, 4) is 0 Å². The van der Waals surface area contributed by atoms with Crippen LogP contribution in [0, 0.1) is 6.92 Å². The molecule has 0 unspecified atom stereocenters. The predicted octanol–water partition coefficient (Wildman–Crippen LogP) is 1.56. The molecule has 25 heavy (non-hydrogen) atoms. The Morgan fingerprint density at radius 1 is 1.16 bits per heavy atom. The number of carbonyl (C=O) groups is 1. The van der Waals surface area contributed by atoms with Gasteiger partial charge >= 0.3 is 6.03 Å². The van der Waals surface area contributed by atoms with Gasteiger partial charge in [0, 0.05) is 44.3 Å². The summed E-state index contributed by atoms with van der Waals surface area (Å²) < 4.78 is 7.41. The minimum absolute atomic E-state index is 0.184. The second kappa shape index (κ2) is 8.02. The molecular weight excluding hydrogens is 318 g/mol. The number of nitrogens with one attached hydrogen (secondary N) is 2. The molecule has 0 aliphatic carbocycles. The third kappa shape index (κ3) is 4.51. The molecule has 2 N–H and O–H groups in total. The number of hydrogen-bond donors (Lipinski definition) is 2. The number of ether oxygens (including phenoxy) is 1. The summed E-state index contributed by atoms with van der Waals surface area (Å²) in [5.41, 5.74) is 3.22. The van der Waals surface area contributed by atoms with Gasteiger partial charge in [-0.1, -0.05) is 6.07 Å². The number of amides is 2. The van der Waals surface area contributed by atoms with Crippen molar-refractivity contribution in [2.24, 2.45) is 7.05 Å². The Kier molecular flexibility index (Phi) is 5.55. The highest BCUT2D eigenvalue weighted by Gasteiger charge is 2.12. The van der Waals surface area contributed by atoms with Crippen molar-refractivity contribution in [1.29, 1.82) is 0 Å². The standard InChI is InChI=1S/C18H25N5O2/c1-14-3-5-16(22(14)2)13-21-18(24)20-12-15-4-6-17(19-11-15)23-7-9-25-10-8-23/h3-6,11H,7-10,12-13H2,1-2H3,(H2,20,21,24). The second-order valence-corrected chi connectivity index (χ2v) is 6.19. The van der Waals surface area contributed by atoms with E-state index >= 15 is 0 Å². The molecule has 7 heteroatoms. The topological polar surface area (TPSA) is 71.4 Å². The van der Waals surface area contributed by atoms with Crippen LogP contribution in [0.1, 0.15) is 17.0 Å². The number of nitrogens with zero attached hydrogens (tertiary/aromatic N) is 3. The quantitative estimate of drug-likeness (QED) is 0.864. The molecule has 3 rings (SSSR count). The largest absolute Gasteiger partial charge is 0.378 e. The molecule has 1 aliphatic heterocycles. The van der Waals surface area contributed by atoms with Crippen LogP contribution in [0.5, 0.6) is 0 Å². The highest BCUT2D eigenvalue weighted by Crippen LogP contribution is 2.13. The second-order valence-electron chi connectivity index (χ2n) is 6.19. The van der Waals surface area contributed by atoms with Crippen molar-refractivity contribution < 1.29 is 9.53 Å². The van der Waals surface area contributed by atoms with Crippen LogP contribution in [0.15, 0.2) is 30.5 Å². The first-order valence-electron chi connectivity index (χ1n) is 8.54. The SMILES string of the molecule is Cc1ccc(CNC(=O)NCc2ccc(N3CCOCC3)nc2)n1C. The molecule has 0 radical (unpaired) electrons. The molecule has 0 aromatic carbocycles. The van der Waals surface area contributed by atoms with E-state index in [0.717, 1.165) is 43.4 Å². The van der Waals surface area contributed by atoms with Gasteiger partial charge < -0.3 is 24.8 Å². The monoisotopic (exact) mass is 343 g/mol. The Labute approximate surface area is 148 Å². The maximum Gasteiger partial charge on any atom is 0.315 e. The predicted molar refractivity (Wildman–Crippen MR) is 96.5 cm³/mol. The van der Waals surface area contributed by atoms with Gasteiger partial charge in [-0.3, -0.25) is 0 Å². The Balaban J connectivity index is 1.44. The summed E-state index contributed by atoms with van der Waals surface area (Å²) in [6.07, 6.45) is 1.81. The van der Waals surface area contributed by atoms with E-state index in [0.29, 0.717) is 13.1 Å². The molecule has 2 aromatic heterocycles. The number of rotatable bonds is 5. The molecule has 2 aromatic rings. The number of urea groups is 1. The highest BCUT2D eigenvalue weighted by molar-refractivity contribution is 5.73. The molecule has 134 valence electrons. The van der Waals surface area contributed by atoms with Crippen LogP contribution in [0.4, 0.5) is 10.6 Å². The fourth-order valence-corrected chi connectivity index (χ4v) is 2.76. The van der Waals surface area contributed by atoms with Gasteiger partial charge in [0.2, 0.25) is 0 Å². The van der Waals surface area contributed by atoms with Gasteiger partial charge in [-0.15, -0.1) is 0 Å². The summed E-state index contributed by atoms with van der Waals surface area (Å²) in [5, 5.41) is 5.73. The van der Waals surface area contributed by atoms with Gasteiger partial charge in [0.25, 0.3) is 0 Å². The maximum atomic E-state index is 11.9.